The molecule has 3 aromatic heterocycles. The Morgan fingerprint density at radius 2 is 0.583 bits per heavy atom. The molecule has 0 aliphatic rings. The summed E-state index contributed by atoms with van der Waals surface area (Å²) in [6.45, 7) is 7.55. The molecule has 0 bridgehead atoms. The standard InChI is InChI=1S/C39H21NO.C35H19NO.C35H19NS/c40-22-23-8-14-36-34(16-23)35-21-25(13-15-37(35)41-36)30-17-26-9-11-28-19-31(20-29-12-10-27(18-30)38(26)39(28)29)33-7-3-5-24-4-1-2-6-32(24)33;1-36-31-12-6-11-30-29-10-5-9-28(34(29)37-35(30)31)27-19-24-15-13-22-17-26(21-7-3-2-4-8-21)18-23-14-16-25(20-27)33(24)32(22)23;36-20-21-6-12-32-30(14-21)31-19-23(11-13-33(31)37-32)29-17-26-9-7-24-15-28(22-4-2-1-3-5-22)16-25-8-10-27(18-29)35(26)34(24)25/h1-21H;2-20H;1-19H. The first kappa shape index (κ1) is 65.4. The van der Waals surface area contributed by atoms with E-state index in [0.717, 1.165) is 60.4 Å². The molecule has 0 radical (unpaired) electrons. The van der Waals surface area contributed by atoms with Gasteiger partial charge >= 0.3 is 0 Å². The third-order valence-corrected chi connectivity index (χ3v) is 24.9. The quantitative estimate of drug-likeness (QED) is 0.123. The van der Waals surface area contributed by atoms with Crippen molar-refractivity contribution in [2.45, 2.75) is 0 Å². The average Bonchev–Trinajstić information content (AvgIpc) is 1.13. The van der Waals surface area contributed by atoms with Crippen LogP contribution in [0.2, 0.25) is 0 Å². The van der Waals surface area contributed by atoms with Crippen LogP contribution in [0.1, 0.15) is 11.1 Å². The third kappa shape index (κ3) is 10.7. The number of nitriles is 2. The summed E-state index contributed by atoms with van der Waals surface area (Å²) in [7, 11) is 0. The van der Waals surface area contributed by atoms with Crippen LogP contribution in [0.5, 0.6) is 0 Å². The summed E-state index contributed by atoms with van der Waals surface area (Å²) < 4.78 is 14.9. The van der Waals surface area contributed by atoms with Crippen LogP contribution in [-0.4, -0.2) is 0 Å². The van der Waals surface area contributed by atoms with Gasteiger partial charge < -0.3 is 8.83 Å². The second kappa shape index (κ2) is 25.8. The molecule has 6 heteroatoms. The van der Waals surface area contributed by atoms with Gasteiger partial charge in [-0.2, -0.15) is 10.5 Å². The van der Waals surface area contributed by atoms with Gasteiger partial charge in [-0.25, -0.2) is 4.85 Å². The topological polar surface area (TPSA) is 78.2 Å². The molecule has 0 aliphatic heterocycles. The third-order valence-electron chi connectivity index (χ3n) is 23.7. The van der Waals surface area contributed by atoms with Gasteiger partial charge in [-0.15, -0.1) is 11.3 Å². The van der Waals surface area contributed by atoms with E-state index in [2.05, 4.69) is 320 Å². The zero-order valence-corrected chi connectivity index (χ0v) is 62.4. The van der Waals surface area contributed by atoms with E-state index in [-0.39, 0.29) is 0 Å². The van der Waals surface area contributed by atoms with Crippen LogP contribution in [0, 0.1) is 29.2 Å². The highest BCUT2D eigenvalue weighted by Crippen LogP contribution is 2.48. The average molecular weight is 1470 g/mol. The van der Waals surface area contributed by atoms with Gasteiger partial charge in [0.25, 0.3) is 0 Å². The molecule has 0 aliphatic carbocycles. The molecule has 3 heterocycles. The van der Waals surface area contributed by atoms with Crippen molar-refractivity contribution in [3.63, 3.8) is 0 Å². The number of benzene rings is 22. The molecule has 0 spiro atoms. The van der Waals surface area contributed by atoms with Crippen LogP contribution >= 0.6 is 11.3 Å². The molecular weight excluding hydrogens is 1420 g/mol. The molecule has 5 nitrogen and oxygen atoms in total. The Hall–Kier alpha value is -15.5. The number of furan rings is 2. The van der Waals surface area contributed by atoms with Crippen LogP contribution in [0.15, 0.2) is 367 Å². The number of hydrogen-bond donors (Lipinski definition) is 0. The van der Waals surface area contributed by atoms with E-state index >= 15 is 0 Å². The lowest BCUT2D eigenvalue weighted by Crippen LogP contribution is -1.88. The highest BCUT2D eigenvalue weighted by Gasteiger charge is 2.21. The van der Waals surface area contributed by atoms with Crippen LogP contribution < -0.4 is 0 Å². The molecule has 0 saturated carbocycles. The van der Waals surface area contributed by atoms with E-state index < -0.39 is 0 Å². The van der Waals surface area contributed by atoms with Gasteiger partial charge in [0.2, 0.25) is 5.69 Å². The number of thiophene rings is 1. The molecule has 25 rings (SSSR count). The lowest BCUT2D eigenvalue weighted by Gasteiger charge is -2.15. The Morgan fingerprint density at radius 1 is 0.235 bits per heavy atom. The summed E-state index contributed by atoms with van der Waals surface area (Å²) in [6.07, 6.45) is 0. The van der Waals surface area contributed by atoms with Crippen molar-refractivity contribution in [3.05, 3.63) is 380 Å². The maximum atomic E-state index is 9.41. The molecular formula is C109H59N3O2S. The molecule has 0 N–H and O–H groups in total. The molecule has 0 saturated heterocycles. The minimum Gasteiger partial charge on any atom is -0.466 e. The fraction of sp³-hybridized carbons (Fsp3) is 0. The molecule has 0 unspecified atom stereocenters. The number of rotatable bonds is 6. The Morgan fingerprint density at radius 3 is 1.08 bits per heavy atom. The summed E-state index contributed by atoms with van der Waals surface area (Å²) in [4.78, 5) is 3.67. The first-order chi connectivity index (χ1) is 56.8. The van der Waals surface area contributed by atoms with Gasteiger partial charge in [0.05, 0.1) is 29.8 Å². The van der Waals surface area contributed by atoms with Crippen molar-refractivity contribution in [2.24, 2.45) is 0 Å². The molecule has 0 atom stereocenters. The summed E-state index contributed by atoms with van der Waals surface area (Å²) in [6, 6.07) is 132. The molecule has 528 valence electrons. The minimum atomic E-state index is 0.546. The van der Waals surface area contributed by atoms with Gasteiger partial charge in [0, 0.05) is 47.3 Å². The Labute approximate surface area is 662 Å². The lowest BCUT2D eigenvalue weighted by atomic mass is 9.88. The van der Waals surface area contributed by atoms with E-state index in [9.17, 15) is 10.5 Å². The molecule has 0 amide bonds. The van der Waals surface area contributed by atoms with Crippen LogP contribution in [-0.2, 0) is 0 Å². The van der Waals surface area contributed by atoms with Crippen molar-refractivity contribution in [1.82, 2.24) is 0 Å². The minimum absolute atomic E-state index is 0.546. The maximum absolute atomic E-state index is 9.41. The fourth-order valence-corrected chi connectivity index (χ4v) is 19.5. The van der Waals surface area contributed by atoms with E-state index in [1.54, 1.807) is 17.4 Å². The van der Waals surface area contributed by atoms with Gasteiger partial charge in [-0.05, 0) is 302 Å². The van der Waals surface area contributed by atoms with Gasteiger partial charge in [0.15, 0.2) is 0 Å². The first-order valence-corrected chi connectivity index (χ1v) is 39.4. The maximum Gasteiger partial charge on any atom is 0.229 e. The van der Waals surface area contributed by atoms with E-state index in [1.165, 1.54) is 173 Å². The van der Waals surface area contributed by atoms with E-state index in [4.69, 9.17) is 15.4 Å². The first-order valence-electron chi connectivity index (χ1n) is 38.6. The second-order valence-electron chi connectivity index (χ2n) is 30.3. The number of nitrogens with zero attached hydrogens (tertiary/aromatic N) is 3. The van der Waals surface area contributed by atoms with Gasteiger partial charge in [-0.3, -0.25) is 0 Å². The highest BCUT2D eigenvalue weighted by atomic mass is 32.1. The van der Waals surface area contributed by atoms with Crippen molar-refractivity contribution in [2.75, 3.05) is 0 Å². The predicted octanol–water partition coefficient (Wildman–Crippen LogP) is 31.4. The summed E-state index contributed by atoms with van der Waals surface area (Å²) in [5, 5.41) is 50.7. The number of para-hydroxylation sites is 2. The van der Waals surface area contributed by atoms with Gasteiger partial charge in [-0.1, -0.05) is 224 Å². The fourth-order valence-electron chi connectivity index (χ4n) is 18.4. The lowest BCUT2D eigenvalue weighted by molar-refractivity contribution is 0.669. The van der Waals surface area contributed by atoms with Crippen molar-refractivity contribution in [1.29, 1.82) is 10.5 Å². The van der Waals surface area contributed by atoms with Crippen LogP contribution in [0.25, 0.3) is 243 Å². The summed E-state index contributed by atoms with van der Waals surface area (Å²) in [5.74, 6) is 0. The van der Waals surface area contributed by atoms with E-state index in [1.807, 2.05) is 48.5 Å². The number of hydrogen-bond acceptors (Lipinski definition) is 5. The molecule has 0 fully saturated rings. The monoisotopic (exact) mass is 1470 g/mol. The highest BCUT2D eigenvalue weighted by molar-refractivity contribution is 7.25. The number of fused-ring (bicyclic) bond motifs is 10. The molecule has 25 aromatic rings. The van der Waals surface area contributed by atoms with Gasteiger partial charge in [0.1, 0.15) is 22.3 Å². The smallest absolute Gasteiger partial charge is 0.229 e. The summed E-state index contributed by atoms with van der Waals surface area (Å²) >= 11 is 1.78. The van der Waals surface area contributed by atoms with Crippen molar-refractivity contribution < 1.29 is 8.83 Å². The van der Waals surface area contributed by atoms with Crippen molar-refractivity contribution >= 4 is 189 Å². The van der Waals surface area contributed by atoms with E-state index in [0.29, 0.717) is 22.4 Å². The predicted molar refractivity (Wildman–Crippen MR) is 484 cm³/mol. The SMILES string of the molecule is N#Cc1ccc2oc3ccc(-c4cc5ccc6cc(-c7cccc8ccccc78)cc7ccc(c4)c5c67)cc3c2c1.N#Cc1ccc2sc3ccc(-c4cc5ccc6cc(-c7ccccc7)cc7ccc(c4)c5c67)cc3c2c1.[C-]#[N+]c1cccc2c1oc1c(-c3cc4ccc5cc(-c6ccccc6)cc6ccc(c3)c4c56)cccc12. The van der Waals surface area contributed by atoms with Crippen molar-refractivity contribution in [3.8, 4) is 78.9 Å². The second-order valence-corrected chi connectivity index (χ2v) is 31.3. The van der Waals surface area contributed by atoms with Crippen LogP contribution in [0.4, 0.5) is 5.69 Å². The Balaban J connectivity index is 0.000000102. The zero-order valence-electron chi connectivity index (χ0n) is 61.6. The van der Waals surface area contributed by atoms with Crippen LogP contribution in [0.3, 0.4) is 0 Å². The molecule has 22 aromatic carbocycles. The summed E-state index contributed by atoms with van der Waals surface area (Å²) in [5.41, 5.74) is 19.4. The molecule has 115 heavy (non-hydrogen) atoms. The normalized spacial score (nSPS) is 11.8. The zero-order chi connectivity index (χ0) is 76.1. The Kier molecular flexibility index (Phi) is 14.7. The largest absolute Gasteiger partial charge is 0.466 e. The Bertz CT molecular complexity index is 8310.